The van der Waals surface area contributed by atoms with Crippen LogP contribution >= 0.6 is 0 Å². The molecule has 9 heteroatoms. The summed E-state index contributed by atoms with van der Waals surface area (Å²) in [5, 5.41) is 2.66. The highest BCUT2D eigenvalue weighted by Gasteiger charge is 2.41. The molecular weight excluding hydrogens is 368 g/mol. The molecule has 2 aliphatic heterocycles. The first kappa shape index (κ1) is 19.8. The van der Waals surface area contributed by atoms with Gasteiger partial charge in [-0.2, -0.15) is 4.31 Å². The second-order valence-corrected chi connectivity index (χ2v) is 9.26. The molecule has 0 saturated carbocycles. The van der Waals surface area contributed by atoms with E-state index in [-0.39, 0.29) is 28.7 Å². The smallest absolute Gasteiger partial charge is 0.243 e. The van der Waals surface area contributed by atoms with Crippen LogP contribution in [0.3, 0.4) is 0 Å². The van der Waals surface area contributed by atoms with Gasteiger partial charge < -0.3 is 11.1 Å². The zero-order valence-electron chi connectivity index (χ0n) is 15.6. The zero-order chi connectivity index (χ0) is 19.8. The summed E-state index contributed by atoms with van der Waals surface area (Å²) in [5.41, 5.74) is 6.55. The fourth-order valence-electron chi connectivity index (χ4n) is 3.75. The topological polar surface area (TPSA) is 113 Å². The van der Waals surface area contributed by atoms with Crippen molar-refractivity contribution >= 4 is 27.5 Å². The number of amides is 2. The molecule has 3 rings (SSSR count). The minimum Gasteiger partial charge on any atom is -0.369 e. The van der Waals surface area contributed by atoms with Gasteiger partial charge in [0.2, 0.25) is 21.8 Å². The first-order chi connectivity index (χ1) is 12.7. The Balaban J connectivity index is 1.61. The number of primary amides is 1. The van der Waals surface area contributed by atoms with Crippen LogP contribution in [0.1, 0.15) is 25.3 Å². The van der Waals surface area contributed by atoms with E-state index in [4.69, 9.17) is 5.73 Å². The summed E-state index contributed by atoms with van der Waals surface area (Å²) >= 11 is 0. The number of likely N-dealkylation sites (tertiary alicyclic amines) is 1. The quantitative estimate of drug-likeness (QED) is 0.756. The number of nitrogens with one attached hydrogen (secondary N) is 1. The van der Waals surface area contributed by atoms with Gasteiger partial charge in [-0.15, -0.1) is 0 Å². The van der Waals surface area contributed by atoms with Gasteiger partial charge >= 0.3 is 0 Å². The van der Waals surface area contributed by atoms with Gasteiger partial charge in [0, 0.05) is 37.7 Å². The average molecular weight is 394 g/mol. The average Bonchev–Trinajstić information content (AvgIpc) is 2.52. The highest BCUT2D eigenvalue weighted by molar-refractivity contribution is 7.89. The monoisotopic (exact) mass is 394 g/mol. The van der Waals surface area contributed by atoms with Crippen molar-refractivity contribution in [2.45, 2.75) is 37.6 Å². The van der Waals surface area contributed by atoms with E-state index in [2.05, 4.69) is 10.2 Å². The summed E-state index contributed by atoms with van der Waals surface area (Å²) in [7, 11) is -3.55. The van der Waals surface area contributed by atoms with Gasteiger partial charge in [0.15, 0.2) is 0 Å². The number of hydrogen-bond acceptors (Lipinski definition) is 5. The van der Waals surface area contributed by atoms with Crippen LogP contribution in [0.15, 0.2) is 23.1 Å². The Morgan fingerprint density at radius 3 is 2.33 bits per heavy atom. The van der Waals surface area contributed by atoms with Crippen molar-refractivity contribution in [3.63, 3.8) is 0 Å². The number of hydrogen-bond donors (Lipinski definition) is 2. The second-order valence-electron chi connectivity index (χ2n) is 7.35. The van der Waals surface area contributed by atoms with Crippen LogP contribution in [0.5, 0.6) is 0 Å². The third kappa shape index (κ3) is 4.15. The van der Waals surface area contributed by atoms with Crippen LogP contribution < -0.4 is 11.1 Å². The summed E-state index contributed by atoms with van der Waals surface area (Å²) in [6, 6.07) is 5.00. The Hall–Kier alpha value is -1.97. The van der Waals surface area contributed by atoms with E-state index >= 15 is 0 Å². The highest BCUT2D eigenvalue weighted by atomic mass is 32.2. The first-order valence-corrected chi connectivity index (χ1v) is 10.5. The van der Waals surface area contributed by atoms with E-state index in [0.29, 0.717) is 24.3 Å². The number of anilines is 1. The lowest BCUT2D eigenvalue weighted by Crippen LogP contribution is -2.62. The molecular formula is C18H26N4O4S. The Morgan fingerprint density at radius 1 is 1.19 bits per heavy atom. The fourth-order valence-corrected chi connectivity index (χ4v) is 5.47. The predicted octanol–water partition coefficient (Wildman–Crippen LogP) is 0.524. The largest absolute Gasteiger partial charge is 0.369 e. The van der Waals surface area contributed by atoms with E-state index in [1.54, 1.807) is 25.1 Å². The van der Waals surface area contributed by atoms with E-state index in [0.717, 1.165) is 25.9 Å². The van der Waals surface area contributed by atoms with Gasteiger partial charge in [-0.1, -0.05) is 0 Å². The summed E-state index contributed by atoms with van der Waals surface area (Å²) in [4.78, 5) is 24.9. The summed E-state index contributed by atoms with van der Waals surface area (Å²) < 4.78 is 27.3. The zero-order valence-corrected chi connectivity index (χ0v) is 16.5. The van der Waals surface area contributed by atoms with Crippen molar-refractivity contribution in [3.8, 4) is 0 Å². The molecule has 0 unspecified atom stereocenters. The Labute approximate surface area is 159 Å². The molecule has 1 aromatic rings. The third-order valence-corrected chi connectivity index (χ3v) is 7.38. The van der Waals surface area contributed by atoms with Gasteiger partial charge in [-0.05, 0) is 56.6 Å². The number of nitrogens with zero attached hydrogens (tertiary/aromatic N) is 2. The van der Waals surface area contributed by atoms with Gasteiger partial charge in [0.05, 0.1) is 4.90 Å². The Kier molecular flexibility index (Phi) is 5.55. The molecule has 0 radical (unpaired) electrons. The second kappa shape index (κ2) is 7.57. The molecule has 27 heavy (non-hydrogen) atoms. The van der Waals surface area contributed by atoms with Crippen molar-refractivity contribution in [1.82, 2.24) is 9.21 Å². The Morgan fingerprint density at radius 2 is 1.81 bits per heavy atom. The number of benzene rings is 1. The predicted molar refractivity (Wildman–Crippen MR) is 102 cm³/mol. The van der Waals surface area contributed by atoms with Crippen molar-refractivity contribution in [2.24, 2.45) is 11.7 Å². The maximum atomic E-state index is 12.9. The number of carbonyl (C=O) groups excluding carboxylic acids is 2. The number of aryl methyl sites for hydroxylation is 1. The molecule has 2 aliphatic rings. The molecule has 0 aliphatic carbocycles. The van der Waals surface area contributed by atoms with Crippen LogP contribution in [0, 0.1) is 12.8 Å². The lowest BCUT2D eigenvalue weighted by molar-refractivity contribution is -0.123. The van der Waals surface area contributed by atoms with Crippen LogP contribution in [-0.4, -0.2) is 61.7 Å². The molecule has 8 nitrogen and oxygen atoms in total. The van der Waals surface area contributed by atoms with Crippen molar-refractivity contribution in [2.75, 3.05) is 31.5 Å². The number of sulfonamides is 1. The molecule has 0 aromatic heterocycles. The molecule has 0 spiro atoms. The van der Waals surface area contributed by atoms with Gasteiger partial charge in [0.25, 0.3) is 0 Å². The minimum absolute atomic E-state index is 0.0639. The molecule has 0 atom stereocenters. The molecule has 1 aromatic carbocycles. The SMILES string of the molecule is CC(=O)Nc1ccc(S(=O)(=O)N2CC(N3CCC(C(N)=O)CC3)C2)c(C)c1. The van der Waals surface area contributed by atoms with Gasteiger partial charge in [-0.25, -0.2) is 8.42 Å². The van der Waals surface area contributed by atoms with E-state index in [9.17, 15) is 18.0 Å². The van der Waals surface area contributed by atoms with Crippen LogP contribution in [-0.2, 0) is 19.6 Å². The van der Waals surface area contributed by atoms with Crippen molar-refractivity contribution < 1.29 is 18.0 Å². The van der Waals surface area contributed by atoms with Crippen molar-refractivity contribution in [3.05, 3.63) is 23.8 Å². The maximum absolute atomic E-state index is 12.9. The molecule has 0 bridgehead atoms. The maximum Gasteiger partial charge on any atom is 0.243 e. The number of piperidine rings is 1. The number of rotatable bonds is 5. The number of nitrogens with two attached hydrogens (primary N) is 1. The first-order valence-electron chi connectivity index (χ1n) is 9.10. The van der Waals surface area contributed by atoms with E-state index in [1.807, 2.05) is 0 Å². The molecule has 2 saturated heterocycles. The third-order valence-electron chi connectivity index (χ3n) is 5.39. The van der Waals surface area contributed by atoms with Gasteiger partial charge in [0.1, 0.15) is 0 Å². The molecule has 2 heterocycles. The minimum atomic E-state index is -3.55. The van der Waals surface area contributed by atoms with Crippen molar-refractivity contribution in [1.29, 1.82) is 0 Å². The number of carbonyl (C=O) groups is 2. The summed E-state index contributed by atoms with van der Waals surface area (Å²) in [6.07, 6.45) is 1.48. The van der Waals surface area contributed by atoms with Crippen LogP contribution in [0.25, 0.3) is 0 Å². The summed E-state index contributed by atoms with van der Waals surface area (Å²) in [6.45, 7) is 5.59. The van der Waals surface area contributed by atoms with E-state index < -0.39 is 10.0 Å². The Bertz CT molecular complexity index is 841. The summed E-state index contributed by atoms with van der Waals surface area (Å²) in [5.74, 6) is -0.507. The molecule has 148 valence electrons. The molecule has 2 amide bonds. The lowest BCUT2D eigenvalue weighted by atomic mass is 9.94. The fraction of sp³-hybridized carbons (Fsp3) is 0.556. The lowest BCUT2D eigenvalue weighted by Gasteiger charge is -2.46. The van der Waals surface area contributed by atoms with E-state index in [1.165, 1.54) is 11.2 Å². The van der Waals surface area contributed by atoms with Crippen LogP contribution in [0.2, 0.25) is 0 Å². The normalized spacial score (nSPS) is 20.2. The molecule has 2 fully saturated rings. The highest BCUT2D eigenvalue weighted by Crippen LogP contribution is 2.29. The van der Waals surface area contributed by atoms with Crippen LogP contribution in [0.4, 0.5) is 5.69 Å². The standard InChI is InChI=1S/C18H26N4O4S/c1-12-9-15(20-13(2)23)3-4-17(12)27(25,26)22-10-16(11-22)21-7-5-14(6-8-21)18(19)24/h3-4,9,14,16H,5-8,10-11H2,1-2H3,(H2,19,24)(H,20,23). The molecule has 3 N–H and O–H groups in total. The van der Waals surface area contributed by atoms with Gasteiger partial charge in [-0.3, -0.25) is 14.5 Å².